The van der Waals surface area contributed by atoms with Crippen LogP contribution in [0.25, 0.3) is 0 Å². The predicted molar refractivity (Wildman–Crippen MR) is 64.9 cm³/mol. The smallest absolute Gasteiger partial charge is 0.0715 e. The van der Waals surface area contributed by atoms with Gasteiger partial charge in [-0.15, -0.1) is 0 Å². The molecule has 1 rings (SSSR count). The SMILES string of the molecule is CC1CC(C)(C)CCC1NCC(C)(C)O. The van der Waals surface area contributed by atoms with Crippen molar-refractivity contribution in [3.63, 3.8) is 0 Å². The molecule has 2 unspecified atom stereocenters. The van der Waals surface area contributed by atoms with Crippen LogP contribution in [0.4, 0.5) is 0 Å². The minimum absolute atomic E-state index is 0.506. The van der Waals surface area contributed by atoms with E-state index < -0.39 is 5.60 Å². The van der Waals surface area contributed by atoms with E-state index in [1.54, 1.807) is 0 Å². The Morgan fingerprint density at radius 1 is 1.40 bits per heavy atom. The van der Waals surface area contributed by atoms with E-state index in [0.717, 1.165) is 5.92 Å². The Labute approximate surface area is 94.5 Å². The normalized spacial score (nSPS) is 31.6. The van der Waals surface area contributed by atoms with Gasteiger partial charge in [-0.3, -0.25) is 0 Å². The highest BCUT2D eigenvalue weighted by Gasteiger charge is 2.32. The summed E-state index contributed by atoms with van der Waals surface area (Å²) in [5.41, 5.74) is -0.0843. The molecule has 0 aromatic rings. The number of hydrogen-bond donors (Lipinski definition) is 2. The third-order valence-electron chi connectivity index (χ3n) is 3.49. The molecule has 1 aliphatic carbocycles. The van der Waals surface area contributed by atoms with Gasteiger partial charge in [-0.1, -0.05) is 20.8 Å². The molecule has 90 valence electrons. The molecule has 0 radical (unpaired) electrons. The van der Waals surface area contributed by atoms with Crippen LogP contribution in [0.5, 0.6) is 0 Å². The van der Waals surface area contributed by atoms with Gasteiger partial charge < -0.3 is 10.4 Å². The van der Waals surface area contributed by atoms with Crippen molar-refractivity contribution in [1.29, 1.82) is 0 Å². The second-order valence-electron chi connectivity index (χ2n) is 6.68. The van der Waals surface area contributed by atoms with Crippen LogP contribution < -0.4 is 5.32 Å². The fraction of sp³-hybridized carbons (Fsp3) is 1.00. The molecular weight excluding hydrogens is 186 g/mol. The summed E-state index contributed by atoms with van der Waals surface area (Å²) in [5.74, 6) is 0.719. The van der Waals surface area contributed by atoms with Crippen molar-refractivity contribution >= 4 is 0 Å². The molecule has 1 aliphatic rings. The topological polar surface area (TPSA) is 32.3 Å². The van der Waals surface area contributed by atoms with E-state index >= 15 is 0 Å². The first kappa shape index (κ1) is 13.0. The molecule has 0 aliphatic heterocycles. The quantitative estimate of drug-likeness (QED) is 0.755. The number of aliphatic hydroxyl groups is 1. The summed E-state index contributed by atoms with van der Waals surface area (Å²) >= 11 is 0. The predicted octanol–water partition coefficient (Wildman–Crippen LogP) is 2.56. The van der Waals surface area contributed by atoms with Crippen molar-refractivity contribution in [2.75, 3.05) is 6.54 Å². The van der Waals surface area contributed by atoms with Crippen LogP contribution in [-0.2, 0) is 0 Å². The van der Waals surface area contributed by atoms with Gasteiger partial charge >= 0.3 is 0 Å². The lowest BCUT2D eigenvalue weighted by atomic mass is 9.70. The largest absolute Gasteiger partial charge is 0.389 e. The molecule has 0 spiro atoms. The molecule has 1 saturated carbocycles. The van der Waals surface area contributed by atoms with Gasteiger partial charge in [0.15, 0.2) is 0 Å². The van der Waals surface area contributed by atoms with E-state index in [4.69, 9.17) is 0 Å². The zero-order chi connectivity index (χ0) is 11.7. The molecule has 2 N–H and O–H groups in total. The third-order valence-corrected chi connectivity index (χ3v) is 3.49. The molecule has 2 nitrogen and oxygen atoms in total. The Bertz CT molecular complexity index is 205. The molecule has 0 bridgehead atoms. The summed E-state index contributed by atoms with van der Waals surface area (Å²) in [4.78, 5) is 0. The average Bonchev–Trinajstić information content (AvgIpc) is 1.99. The van der Waals surface area contributed by atoms with Gasteiger partial charge in [-0.05, 0) is 44.4 Å². The highest BCUT2D eigenvalue weighted by atomic mass is 16.3. The second-order valence-corrected chi connectivity index (χ2v) is 6.68. The first-order valence-electron chi connectivity index (χ1n) is 6.15. The fourth-order valence-electron chi connectivity index (χ4n) is 2.63. The Kier molecular flexibility index (Phi) is 3.83. The molecule has 0 aromatic heterocycles. The highest BCUT2D eigenvalue weighted by Crippen LogP contribution is 2.38. The number of nitrogens with one attached hydrogen (secondary N) is 1. The molecule has 2 atom stereocenters. The number of rotatable bonds is 3. The standard InChI is InChI=1S/C13H27NO/c1-10-8-12(2,3)7-6-11(10)14-9-13(4,5)15/h10-11,14-15H,6-9H2,1-5H3. The van der Waals surface area contributed by atoms with E-state index in [-0.39, 0.29) is 0 Å². The van der Waals surface area contributed by atoms with Crippen molar-refractivity contribution in [3.8, 4) is 0 Å². The van der Waals surface area contributed by atoms with Gasteiger partial charge in [0, 0.05) is 12.6 Å². The van der Waals surface area contributed by atoms with E-state index in [1.165, 1.54) is 19.3 Å². The maximum Gasteiger partial charge on any atom is 0.0715 e. The summed E-state index contributed by atoms with van der Waals surface area (Å²) in [6.07, 6.45) is 3.82. The van der Waals surface area contributed by atoms with Crippen LogP contribution in [0.15, 0.2) is 0 Å². The first-order chi connectivity index (χ1) is 6.70. The Hall–Kier alpha value is -0.0800. The molecule has 1 fully saturated rings. The van der Waals surface area contributed by atoms with Gasteiger partial charge in [0.2, 0.25) is 0 Å². The fourth-order valence-corrected chi connectivity index (χ4v) is 2.63. The molecule has 2 heteroatoms. The van der Waals surface area contributed by atoms with Crippen molar-refractivity contribution in [2.45, 2.75) is 65.5 Å². The lowest BCUT2D eigenvalue weighted by Crippen LogP contribution is -2.46. The van der Waals surface area contributed by atoms with Crippen molar-refractivity contribution < 1.29 is 5.11 Å². The Balaban J connectivity index is 2.39. The van der Waals surface area contributed by atoms with Crippen LogP contribution >= 0.6 is 0 Å². The van der Waals surface area contributed by atoms with E-state index in [9.17, 15) is 5.11 Å². The van der Waals surface area contributed by atoms with E-state index in [0.29, 0.717) is 18.0 Å². The van der Waals surface area contributed by atoms with Gasteiger partial charge in [-0.25, -0.2) is 0 Å². The zero-order valence-electron chi connectivity index (χ0n) is 10.9. The maximum atomic E-state index is 9.67. The summed E-state index contributed by atoms with van der Waals surface area (Å²) < 4.78 is 0. The Morgan fingerprint density at radius 3 is 2.47 bits per heavy atom. The van der Waals surface area contributed by atoms with E-state index in [1.807, 2.05) is 13.8 Å². The highest BCUT2D eigenvalue weighted by molar-refractivity contribution is 4.87. The van der Waals surface area contributed by atoms with Gasteiger partial charge in [0.25, 0.3) is 0 Å². The molecule has 15 heavy (non-hydrogen) atoms. The summed E-state index contributed by atoms with van der Waals surface area (Å²) in [5, 5.41) is 13.2. The van der Waals surface area contributed by atoms with Crippen LogP contribution in [0.3, 0.4) is 0 Å². The average molecular weight is 213 g/mol. The third kappa shape index (κ3) is 4.52. The van der Waals surface area contributed by atoms with Gasteiger partial charge in [0.05, 0.1) is 5.60 Å². The second kappa shape index (κ2) is 4.42. The molecule has 0 heterocycles. The van der Waals surface area contributed by atoms with E-state index in [2.05, 4.69) is 26.1 Å². The lowest BCUT2D eigenvalue weighted by molar-refractivity contribution is 0.0644. The molecule has 0 amide bonds. The van der Waals surface area contributed by atoms with Crippen molar-refractivity contribution in [1.82, 2.24) is 5.32 Å². The summed E-state index contributed by atoms with van der Waals surface area (Å²) in [7, 11) is 0. The lowest BCUT2D eigenvalue weighted by Gasteiger charge is -2.40. The number of hydrogen-bond acceptors (Lipinski definition) is 2. The minimum Gasteiger partial charge on any atom is -0.389 e. The zero-order valence-corrected chi connectivity index (χ0v) is 10.9. The minimum atomic E-state index is -0.591. The molecule has 0 aromatic carbocycles. The molecular formula is C13H27NO. The summed E-state index contributed by atoms with van der Waals surface area (Å²) in [6, 6.07) is 0.587. The van der Waals surface area contributed by atoms with Crippen LogP contribution in [-0.4, -0.2) is 23.3 Å². The van der Waals surface area contributed by atoms with Crippen LogP contribution in [0.1, 0.15) is 53.9 Å². The van der Waals surface area contributed by atoms with Gasteiger partial charge in [0.1, 0.15) is 0 Å². The first-order valence-corrected chi connectivity index (χ1v) is 6.15. The maximum absolute atomic E-state index is 9.67. The van der Waals surface area contributed by atoms with Crippen molar-refractivity contribution in [2.24, 2.45) is 11.3 Å². The monoisotopic (exact) mass is 213 g/mol. The molecule has 0 saturated heterocycles. The van der Waals surface area contributed by atoms with Crippen molar-refractivity contribution in [3.05, 3.63) is 0 Å². The van der Waals surface area contributed by atoms with Crippen LogP contribution in [0, 0.1) is 11.3 Å². The van der Waals surface area contributed by atoms with Crippen LogP contribution in [0.2, 0.25) is 0 Å². The summed E-state index contributed by atoms with van der Waals surface area (Å²) in [6.45, 7) is 11.5. The van der Waals surface area contributed by atoms with Gasteiger partial charge in [-0.2, -0.15) is 0 Å². The Morgan fingerprint density at radius 2 is 2.00 bits per heavy atom.